The highest BCUT2D eigenvalue weighted by molar-refractivity contribution is 6.03. The zero-order chi connectivity index (χ0) is 17.6. The number of nitrogens with one attached hydrogen (secondary N) is 2. The highest BCUT2D eigenvalue weighted by Gasteiger charge is 2.07. The van der Waals surface area contributed by atoms with Crippen LogP contribution in [0.5, 0.6) is 0 Å². The number of para-hydroxylation sites is 1. The fraction of sp³-hybridized carbons (Fsp3) is 0.143. The van der Waals surface area contributed by atoms with Gasteiger partial charge < -0.3 is 10.6 Å². The molecule has 126 valence electrons. The van der Waals surface area contributed by atoms with Crippen LogP contribution in [0.25, 0.3) is 0 Å². The quantitative estimate of drug-likeness (QED) is 0.720. The van der Waals surface area contributed by atoms with Gasteiger partial charge in [-0.2, -0.15) is 0 Å². The molecule has 0 fully saturated rings. The predicted octanol–water partition coefficient (Wildman–Crippen LogP) is 4.56. The second kappa shape index (κ2) is 7.62. The Morgan fingerprint density at radius 1 is 1.00 bits per heavy atom. The second-order valence-corrected chi connectivity index (χ2v) is 6.04. The summed E-state index contributed by atoms with van der Waals surface area (Å²) in [7, 11) is 0. The molecule has 0 aliphatic carbocycles. The maximum absolute atomic E-state index is 12.3. The minimum absolute atomic E-state index is 0.156. The van der Waals surface area contributed by atoms with E-state index in [1.807, 2.05) is 55.5 Å². The lowest BCUT2D eigenvalue weighted by Crippen LogP contribution is -2.13. The zero-order valence-electron chi connectivity index (χ0n) is 14.4. The Bertz CT molecular complexity index is 872. The molecule has 0 aliphatic heterocycles. The van der Waals surface area contributed by atoms with E-state index < -0.39 is 0 Å². The molecule has 0 aliphatic rings. The average molecular weight is 331 g/mol. The maximum atomic E-state index is 12.3. The van der Waals surface area contributed by atoms with Crippen LogP contribution in [0.1, 0.15) is 27.0 Å². The van der Waals surface area contributed by atoms with E-state index in [0.29, 0.717) is 17.9 Å². The third-order valence-electron chi connectivity index (χ3n) is 4.00. The Morgan fingerprint density at radius 2 is 1.76 bits per heavy atom. The third kappa shape index (κ3) is 4.44. The van der Waals surface area contributed by atoms with E-state index in [2.05, 4.69) is 34.7 Å². The van der Waals surface area contributed by atoms with E-state index in [1.165, 1.54) is 5.56 Å². The van der Waals surface area contributed by atoms with E-state index >= 15 is 0 Å². The molecule has 0 bridgehead atoms. The lowest BCUT2D eigenvalue weighted by molar-refractivity contribution is 0.102. The molecule has 2 aromatic carbocycles. The first-order valence-corrected chi connectivity index (χ1v) is 8.24. The Morgan fingerprint density at radius 3 is 2.48 bits per heavy atom. The highest BCUT2D eigenvalue weighted by atomic mass is 16.1. The first kappa shape index (κ1) is 16.7. The summed E-state index contributed by atoms with van der Waals surface area (Å²) < 4.78 is 0. The molecule has 3 aromatic rings. The van der Waals surface area contributed by atoms with Gasteiger partial charge in [-0.3, -0.25) is 4.79 Å². The summed E-state index contributed by atoms with van der Waals surface area (Å²) in [5.74, 6) is 0.409. The number of carbonyl (C=O) groups is 1. The third-order valence-corrected chi connectivity index (χ3v) is 4.00. The number of rotatable bonds is 5. The van der Waals surface area contributed by atoms with Crippen molar-refractivity contribution in [2.75, 3.05) is 10.6 Å². The Kier molecular flexibility index (Phi) is 5.09. The normalized spacial score (nSPS) is 10.3. The van der Waals surface area contributed by atoms with Crippen molar-refractivity contribution in [2.45, 2.75) is 20.4 Å². The van der Waals surface area contributed by atoms with Gasteiger partial charge in [0.1, 0.15) is 5.82 Å². The number of hydrogen-bond acceptors (Lipinski definition) is 3. The number of nitrogens with zero attached hydrogens (tertiary/aromatic N) is 1. The first-order chi connectivity index (χ1) is 12.1. The Labute approximate surface area is 147 Å². The summed E-state index contributed by atoms with van der Waals surface area (Å²) in [6.45, 7) is 4.76. The molecule has 1 aromatic heterocycles. The molecule has 4 heteroatoms. The average Bonchev–Trinajstić information content (AvgIpc) is 2.61. The molecule has 0 spiro atoms. The van der Waals surface area contributed by atoms with Crippen LogP contribution in [0.3, 0.4) is 0 Å². The molecule has 0 saturated heterocycles. The van der Waals surface area contributed by atoms with E-state index in [9.17, 15) is 4.79 Å². The Hall–Kier alpha value is -3.14. The van der Waals surface area contributed by atoms with Gasteiger partial charge in [-0.15, -0.1) is 0 Å². The summed E-state index contributed by atoms with van der Waals surface area (Å²) in [6, 6.07) is 19.5. The van der Waals surface area contributed by atoms with Gasteiger partial charge in [0.15, 0.2) is 0 Å². The molecule has 1 heterocycles. The zero-order valence-corrected chi connectivity index (χ0v) is 14.4. The number of hydrogen-bond donors (Lipinski definition) is 2. The van der Waals surface area contributed by atoms with E-state index in [4.69, 9.17) is 0 Å². The molecule has 0 unspecified atom stereocenters. The lowest BCUT2D eigenvalue weighted by Gasteiger charge is -2.10. The standard InChI is InChI=1S/C21H21N3O/c1-15-11-12-22-20(13-15)24-21(25)18-9-7-17(8-10-18)14-23-19-6-4-3-5-16(19)2/h3-13,23H,14H2,1-2H3,(H,22,24,25). The summed E-state index contributed by atoms with van der Waals surface area (Å²) in [6.07, 6.45) is 1.69. The van der Waals surface area contributed by atoms with Crippen molar-refractivity contribution in [3.05, 3.63) is 89.1 Å². The molecule has 0 radical (unpaired) electrons. The van der Waals surface area contributed by atoms with Crippen LogP contribution >= 0.6 is 0 Å². The lowest BCUT2D eigenvalue weighted by atomic mass is 10.1. The smallest absolute Gasteiger partial charge is 0.256 e. The molecule has 0 saturated carbocycles. The number of aromatic nitrogens is 1. The van der Waals surface area contributed by atoms with Crippen LogP contribution in [-0.2, 0) is 6.54 Å². The molecule has 1 amide bonds. The molecular weight excluding hydrogens is 310 g/mol. The van der Waals surface area contributed by atoms with Crippen molar-refractivity contribution in [1.82, 2.24) is 4.98 Å². The summed E-state index contributed by atoms with van der Waals surface area (Å²) in [5, 5.41) is 6.23. The van der Waals surface area contributed by atoms with Crippen LogP contribution in [0, 0.1) is 13.8 Å². The second-order valence-electron chi connectivity index (χ2n) is 6.04. The SMILES string of the molecule is Cc1ccnc(NC(=O)c2ccc(CNc3ccccc3C)cc2)c1. The molecule has 3 rings (SSSR count). The van der Waals surface area contributed by atoms with Gasteiger partial charge in [-0.25, -0.2) is 4.98 Å². The predicted molar refractivity (Wildman–Crippen MR) is 102 cm³/mol. The summed E-state index contributed by atoms with van der Waals surface area (Å²) in [4.78, 5) is 16.4. The number of benzene rings is 2. The van der Waals surface area contributed by atoms with Crippen molar-refractivity contribution in [3.63, 3.8) is 0 Å². The fourth-order valence-electron chi connectivity index (χ4n) is 2.54. The van der Waals surface area contributed by atoms with Crippen LogP contribution in [0.4, 0.5) is 11.5 Å². The Balaban J connectivity index is 1.61. The fourth-order valence-corrected chi connectivity index (χ4v) is 2.54. The van der Waals surface area contributed by atoms with Gasteiger partial charge in [-0.05, 0) is 60.9 Å². The number of anilines is 2. The van der Waals surface area contributed by atoms with Crippen LogP contribution in [-0.4, -0.2) is 10.9 Å². The maximum Gasteiger partial charge on any atom is 0.256 e. The first-order valence-electron chi connectivity index (χ1n) is 8.24. The number of amides is 1. The van der Waals surface area contributed by atoms with Gasteiger partial charge >= 0.3 is 0 Å². The number of pyridine rings is 1. The molecule has 25 heavy (non-hydrogen) atoms. The summed E-state index contributed by atoms with van der Waals surface area (Å²) >= 11 is 0. The van der Waals surface area contributed by atoms with E-state index in [0.717, 1.165) is 16.8 Å². The van der Waals surface area contributed by atoms with Gasteiger partial charge in [0.05, 0.1) is 0 Å². The van der Waals surface area contributed by atoms with Crippen LogP contribution in [0.15, 0.2) is 66.9 Å². The monoisotopic (exact) mass is 331 g/mol. The van der Waals surface area contributed by atoms with Gasteiger partial charge in [0.25, 0.3) is 5.91 Å². The number of aryl methyl sites for hydroxylation is 2. The van der Waals surface area contributed by atoms with E-state index in [1.54, 1.807) is 6.20 Å². The molecule has 0 atom stereocenters. The summed E-state index contributed by atoms with van der Waals surface area (Å²) in [5.41, 5.74) is 5.12. The molecule has 4 nitrogen and oxygen atoms in total. The minimum atomic E-state index is -0.156. The minimum Gasteiger partial charge on any atom is -0.381 e. The van der Waals surface area contributed by atoms with Crippen molar-refractivity contribution >= 4 is 17.4 Å². The van der Waals surface area contributed by atoms with Crippen LogP contribution in [0.2, 0.25) is 0 Å². The van der Waals surface area contributed by atoms with Crippen molar-refractivity contribution in [3.8, 4) is 0 Å². The van der Waals surface area contributed by atoms with Crippen molar-refractivity contribution in [2.24, 2.45) is 0 Å². The van der Waals surface area contributed by atoms with Crippen LogP contribution < -0.4 is 10.6 Å². The van der Waals surface area contributed by atoms with Gasteiger partial charge in [-0.1, -0.05) is 30.3 Å². The van der Waals surface area contributed by atoms with Crippen molar-refractivity contribution in [1.29, 1.82) is 0 Å². The highest BCUT2D eigenvalue weighted by Crippen LogP contribution is 2.15. The van der Waals surface area contributed by atoms with Crippen molar-refractivity contribution < 1.29 is 4.79 Å². The van der Waals surface area contributed by atoms with E-state index in [-0.39, 0.29) is 5.91 Å². The topological polar surface area (TPSA) is 54.0 Å². The molecule has 2 N–H and O–H groups in total. The van der Waals surface area contributed by atoms with Gasteiger partial charge in [0, 0.05) is 24.0 Å². The van der Waals surface area contributed by atoms with Gasteiger partial charge in [0.2, 0.25) is 0 Å². The molecular formula is C21H21N3O. The number of carbonyl (C=O) groups excluding carboxylic acids is 1. The largest absolute Gasteiger partial charge is 0.381 e.